The first-order valence-electron chi connectivity index (χ1n) is 11.9. The van der Waals surface area contributed by atoms with Gasteiger partial charge in [-0.3, -0.25) is 4.79 Å². The average Bonchev–Trinajstić information content (AvgIpc) is 3.50. The van der Waals surface area contributed by atoms with E-state index in [1.54, 1.807) is 0 Å². The maximum atomic E-state index is 13.4. The zero-order valence-corrected chi connectivity index (χ0v) is 18.6. The van der Waals surface area contributed by atoms with Crippen molar-refractivity contribution in [3.8, 4) is 0 Å². The molecule has 174 valence electrons. The first-order chi connectivity index (χ1) is 16.0. The van der Waals surface area contributed by atoms with Gasteiger partial charge in [-0.15, -0.1) is 0 Å². The summed E-state index contributed by atoms with van der Waals surface area (Å²) in [5, 5.41) is 24.7. The van der Waals surface area contributed by atoms with Gasteiger partial charge in [0.15, 0.2) is 0 Å². The Hall–Kier alpha value is -2.70. The molecule has 0 radical (unpaired) electrons. The van der Waals surface area contributed by atoms with Crippen LogP contribution < -0.4 is 5.32 Å². The Bertz CT molecular complexity index is 1120. The molecule has 1 spiro atoms. The summed E-state index contributed by atoms with van der Waals surface area (Å²) in [6.45, 7) is -0.387. The largest absolute Gasteiger partial charge is 0.394 e. The summed E-state index contributed by atoms with van der Waals surface area (Å²) in [7, 11) is 0. The monoisotopic (exact) mass is 450 g/mol. The Morgan fingerprint density at radius 3 is 2.61 bits per heavy atom. The minimum atomic E-state index is -1.10. The minimum absolute atomic E-state index is 0.0334. The summed E-state index contributed by atoms with van der Waals surface area (Å²) < 4.78 is 13.2. The second kappa shape index (κ2) is 8.92. The van der Waals surface area contributed by atoms with E-state index in [2.05, 4.69) is 34.6 Å². The summed E-state index contributed by atoms with van der Waals surface area (Å²) in [6, 6.07) is 13.2. The van der Waals surface area contributed by atoms with Crippen molar-refractivity contribution in [2.24, 2.45) is 11.3 Å². The lowest BCUT2D eigenvalue weighted by Crippen LogP contribution is -2.46. The number of amides is 1. The third-order valence-corrected chi connectivity index (χ3v) is 7.93. The molecular weight excluding hydrogens is 419 g/mol. The molecule has 0 bridgehead atoms. The van der Waals surface area contributed by atoms with Crippen LogP contribution in [0.4, 0.5) is 4.39 Å². The number of benzene rings is 2. The van der Waals surface area contributed by atoms with Crippen LogP contribution >= 0.6 is 0 Å². The lowest BCUT2D eigenvalue weighted by molar-refractivity contribution is -0.129. The number of carbonyl (C=O) groups is 1. The number of hydrogen-bond donors (Lipinski definition) is 4. The van der Waals surface area contributed by atoms with Gasteiger partial charge in [0.25, 0.3) is 0 Å². The molecule has 2 aliphatic carbocycles. The number of aromatic nitrogens is 1. The van der Waals surface area contributed by atoms with Crippen molar-refractivity contribution in [2.75, 3.05) is 6.61 Å². The molecule has 5 nitrogen and oxygen atoms in total. The molecule has 4 atom stereocenters. The fraction of sp³-hybridized carbons (Fsp3) is 0.444. The van der Waals surface area contributed by atoms with E-state index in [4.69, 9.17) is 0 Å². The molecule has 2 aliphatic rings. The van der Waals surface area contributed by atoms with Crippen molar-refractivity contribution in [1.29, 1.82) is 0 Å². The molecule has 1 aromatic heterocycles. The average molecular weight is 451 g/mol. The quantitative estimate of drug-likeness (QED) is 0.444. The van der Waals surface area contributed by atoms with Crippen molar-refractivity contribution in [2.45, 2.75) is 56.6 Å². The number of nitrogens with one attached hydrogen (secondary N) is 2. The van der Waals surface area contributed by atoms with Crippen LogP contribution in [0, 0.1) is 17.2 Å². The van der Waals surface area contributed by atoms with Gasteiger partial charge < -0.3 is 20.5 Å². The number of H-pyrrole nitrogens is 1. The SMILES string of the molecule is O=C(N[C@@H](CO)[C@@H](O)c1ccc(F)cc1)[C@H]1CCC(c2cccc3[nH]ccc23)CCC12CC2. The summed E-state index contributed by atoms with van der Waals surface area (Å²) in [6.07, 6.45) is 6.80. The van der Waals surface area contributed by atoms with Gasteiger partial charge in [-0.25, -0.2) is 4.39 Å². The van der Waals surface area contributed by atoms with Crippen molar-refractivity contribution in [3.63, 3.8) is 0 Å². The molecule has 2 fully saturated rings. The van der Waals surface area contributed by atoms with E-state index in [0.29, 0.717) is 11.5 Å². The van der Waals surface area contributed by atoms with Gasteiger partial charge in [0, 0.05) is 23.0 Å². The predicted molar refractivity (Wildman–Crippen MR) is 125 cm³/mol. The Balaban J connectivity index is 1.31. The fourth-order valence-corrected chi connectivity index (χ4v) is 5.80. The third kappa shape index (κ3) is 4.30. The van der Waals surface area contributed by atoms with E-state index in [-0.39, 0.29) is 23.8 Å². The second-order valence-electron chi connectivity index (χ2n) is 9.81. The normalized spacial score (nSPS) is 23.7. The van der Waals surface area contributed by atoms with Gasteiger partial charge in [-0.1, -0.05) is 24.3 Å². The first kappa shape index (κ1) is 22.1. The number of aromatic amines is 1. The van der Waals surface area contributed by atoms with E-state index >= 15 is 0 Å². The number of rotatable bonds is 6. The number of fused-ring (bicyclic) bond motifs is 1. The molecule has 0 aliphatic heterocycles. The second-order valence-corrected chi connectivity index (χ2v) is 9.81. The number of aliphatic hydroxyl groups is 2. The summed E-state index contributed by atoms with van der Waals surface area (Å²) in [4.78, 5) is 16.7. The number of halogens is 1. The Kier molecular flexibility index (Phi) is 5.97. The maximum Gasteiger partial charge on any atom is 0.224 e. The van der Waals surface area contributed by atoms with Gasteiger partial charge in [-0.2, -0.15) is 0 Å². The fourth-order valence-electron chi connectivity index (χ4n) is 5.80. The minimum Gasteiger partial charge on any atom is -0.394 e. The van der Waals surface area contributed by atoms with E-state index < -0.39 is 18.0 Å². The van der Waals surface area contributed by atoms with Crippen molar-refractivity contribution in [3.05, 3.63) is 71.7 Å². The van der Waals surface area contributed by atoms with Crippen LogP contribution in [0.2, 0.25) is 0 Å². The predicted octanol–water partition coefficient (Wildman–Crippen LogP) is 4.57. The number of hydrogen-bond acceptors (Lipinski definition) is 3. The molecule has 2 saturated carbocycles. The molecule has 0 saturated heterocycles. The van der Waals surface area contributed by atoms with E-state index in [1.165, 1.54) is 35.2 Å². The highest BCUT2D eigenvalue weighted by molar-refractivity contribution is 5.83. The van der Waals surface area contributed by atoms with Crippen molar-refractivity contribution in [1.82, 2.24) is 10.3 Å². The van der Waals surface area contributed by atoms with Gasteiger partial charge in [0.2, 0.25) is 5.91 Å². The molecule has 3 aromatic rings. The smallest absolute Gasteiger partial charge is 0.224 e. The van der Waals surface area contributed by atoms with Gasteiger partial charge in [0.1, 0.15) is 11.9 Å². The molecule has 6 heteroatoms. The summed E-state index contributed by atoms with van der Waals surface area (Å²) in [5.74, 6) is -0.191. The highest BCUT2D eigenvalue weighted by Crippen LogP contribution is 2.60. The Labute approximate surface area is 193 Å². The third-order valence-electron chi connectivity index (χ3n) is 7.93. The molecule has 2 aromatic carbocycles. The highest BCUT2D eigenvalue weighted by atomic mass is 19.1. The van der Waals surface area contributed by atoms with Crippen LogP contribution in [0.5, 0.6) is 0 Å². The van der Waals surface area contributed by atoms with Gasteiger partial charge >= 0.3 is 0 Å². The first-order valence-corrected chi connectivity index (χ1v) is 11.9. The molecule has 4 N–H and O–H groups in total. The Morgan fingerprint density at radius 1 is 1.09 bits per heavy atom. The van der Waals surface area contributed by atoms with Crippen LogP contribution in [-0.2, 0) is 4.79 Å². The zero-order valence-electron chi connectivity index (χ0n) is 18.6. The van der Waals surface area contributed by atoms with Crippen molar-refractivity contribution < 1.29 is 19.4 Å². The van der Waals surface area contributed by atoms with E-state index in [9.17, 15) is 19.4 Å². The zero-order chi connectivity index (χ0) is 23.0. The van der Waals surface area contributed by atoms with Crippen LogP contribution in [0.15, 0.2) is 54.7 Å². The van der Waals surface area contributed by atoms with Crippen LogP contribution in [-0.4, -0.2) is 33.8 Å². The number of carbonyl (C=O) groups excluding carboxylic acids is 1. The lowest BCUT2D eigenvalue weighted by atomic mass is 9.83. The molecule has 5 rings (SSSR count). The van der Waals surface area contributed by atoms with Gasteiger partial charge in [-0.05, 0) is 85.3 Å². The van der Waals surface area contributed by atoms with Crippen LogP contribution in [0.1, 0.15) is 61.7 Å². The molecular formula is C27H31FN2O3. The highest BCUT2D eigenvalue weighted by Gasteiger charge is 2.53. The van der Waals surface area contributed by atoms with Gasteiger partial charge in [0.05, 0.1) is 12.6 Å². The van der Waals surface area contributed by atoms with E-state index in [1.807, 2.05) is 6.20 Å². The topological polar surface area (TPSA) is 85.3 Å². The lowest BCUT2D eigenvalue weighted by Gasteiger charge is -2.28. The number of aliphatic hydroxyl groups excluding tert-OH is 2. The molecule has 1 unspecified atom stereocenters. The molecule has 1 heterocycles. The molecule has 33 heavy (non-hydrogen) atoms. The maximum absolute atomic E-state index is 13.4. The Morgan fingerprint density at radius 2 is 1.88 bits per heavy atom. The summed E-state index contributed by atoms with van der Waals surface area (Å²) in [5.41, 5.74) is 3.00. The van der Waals surface area contributed by atoms with Crippen LogP contribution in [0.25, 0.3) is 10.9 Å². The van der Waals surface area contributed by atoms with Crippen molar-refractivity contribution >= 4 is 16.8 Å². The standard InChI is InChI=1S/C27H31FN2O3/c28-19-7-4-18(5-8-19)25(32)24(16-31)30-26(33)22-9-6-17(10-12-27(22)13-14-27)20-2-1-3-23-21(20)11-15-29-23/h1-5,7-8,11,15,17,22,24-25,29,31-32H,6,9-10,12-14,16H2,(H,30,33)/t17?,22-,24+,25+/m1/s1. The van der Waals surface area contributed by atoms with E-state index in [0.717, 1.165) is 44.0 Å². The summed E-state index contributed by atoms with van der Waals surface area (Å²) >= 11 is 0. The molecule has 1 amide bonds. The van der Waals surface area contributed by atoms with Crippen LogP contribution in [0.3, 0.4) is 0 Å².